The van der Waals surface area contributed by atoms with E-state index in [1.165, 1.54) is 0 Å². The first-order chi connectivity index (χ1) is 18.5. The van der Waals surface area contributed by atoms with E-state index >= 15 is 0 Å². The molecule has 41 heavy (non-hydrogen) atoms. The number of hydrogen-bond donors (Lipinski definition) is 0. The summed E-state index contributed by atoms with van der Waals surface area (Å²) in [5.74, 6) is 0. The van der Waals surface area contributed by atoms with E-state index in [2.05, 4.69) is 0 Å². The van der Waals surface area contributed by atoms with Crippen LogP contribution in [0.2, 0.25) is 80.4 Å². The van der Waals surface area contributed by atoms with Gasteiger partial charge >= 0.3 is 0 Å². The van der Waals surface area contributed by atoms with Crippen molar-refractivity contribution in [3.8, 4) is 22.3 Å². The predicted molar refractivity (Wildman–Crippen MR) is 188 cm³/mol. The van der Waals surface area contributed by atoms with Crippen LogP contribution >= 0.6 is 186 Å². The summed E-state index contributed by atoms with van der Waals surface area (Å²) in [4.78, 5) is 0. The van der Waals surface area contributed by atoms with E-state index in [9.17, 15) is 0 Å². The van der Waals surface area contributed by atoms with Crippen molar-refractivity contribution in [3.63, 3.8) is 0 Å². The van der Waals surface area contributed by atoms with Crippen molar-refractivity contribution in [3.05, 3.63) is 105 Å². The Bertz CT molecular complexity index is 1490. The molecule has 4 rings (SSSR count). The highest BCUT2D eigenvalue weighted by Gasteiger charge is 2.24. The number of benzene rings is 4. The van der Waals surface area contributed by atoms with Gasteiger partial charge in [0.1, 0.15) is 0 Å². The van der Waals surface area contributed by atoms with Gasteiger partial charge in [-0.05, 0) is 12.1 Å². The lowest BCUT2D eigenvalue weighted by Gasteiger charge is -2.14. The summed E-state index contributed by atoms with van der Waals surface area (Å²) in [5.41, 5.74) is 1.60. The quantitative estimate of drug-likeness (QED) is 0.142. The Morgan fingerprint density at radius 1 is 0.244 bits per heavy atom. The molecule has 1 nitrogen and oxygen atoms in total. The van der Waals surface area contributed by atoms with E-state index in [0.717, 1.165) is 0 Å². The second kappa shape index (κ2) is 15.9. The molecule has 17 heteroatoms. The number of rotatable bonds is 2. The van der Waals surface area contributed by atoms with Crippen LogP contribution in [-0.2, 0) is 0 Å². The summed E-state index contributed by atoms with van der Waals surface area (Å²) in [6, 6.07) is 6.36. The van der Waals surface area contributed by atoms with Crippen LogP contribution in [0.15, 0.2) is 24.3 Å². The molecule has 0 aliphatic carbocycles. The van der Waals surface area contributed by atoms with Gasteiger partial charge in [-0.3, -0.25) is 0 Å². The second-order valence-electron chi connectivity index (χ2n) is 7.34. The van der Waals surface area contributed by atoms with Crippen molar-refractivity contribution in [2.75, 3.05) is 0 Å². The van der Waals surface area contributed by atoms with Gasteiger partial charge in [0, 0.05) is 22.3 Å². The van der Waals surface area contributed by atoms with E-state index in [1.54, 1.807) is 24.3 Å². The molecule has 0 bridgehead atoms. The molecular weight excluding hydrogens is 872 g/mol. The summed E-state index contributed by atoms with van der Waals surface area (Å²) in [6.07, 6.45) is 0. The van der Waals surface area contributed by atoms with Gasteiger partial charge in [0.25, 0.3) is 0 Å². The SMILES string of the molecule is Clc1ccc(-c2c(Cl)c(Cl)c(Cl)c(Cl)c2Cl)c(Cl)c1Cl.Clc1ccc(-c2c(Cl)c(Cl)c(Cl)c(Cl)c2Cl)c(Cl)c1Cl.O. The Hall–Kier alpha value is 1.48. The number of halogens is 16. The Morgan fingerprint density at radius 3 is 0.707 bits per heavy atom. The second-order valence-corrected chi connectivity index (χ2v) is 13.4. The molecule has 0 aliphatic rings. The minimum atomic E-state index is 0. The van der Waals surface area contributed by atoms with E-state index in [0.29, 0.717) is 32.3 Å². The molecule has 0 heterocycles. The molecule has 4 aromatic carbocycles. The third-order valence-electron chi connectivity index (χ3n) is 5.03. The first-order valence-electron chi connectivity index (χ1n) is 9.85. The molecule has 0 spiro atoms. The average Bonchev–Trinajstić information content (AvgIpc) is 2.93. The molecule has 0 saturated carbocycles. The maximum absolute atomic E-state index is 6.18. The predicted octanol–water partition coefficient (Wildman–Crippen LogP) is 16.3. The maximum Gasteiger partial charge on any atom is 0.0809 e. The molecule has 0 fully saturated rings. The monoisotopic (exact) mass is 870 g/mol. The standard InChI is InChI=1S/2C12H2Cl8.H2O/c2*13-4-2-1-3(6(14)7(4)15)5-8(16)10(18)12(20)11(19)9(5)17;/h2*1-2H;1H2. The molecule has 0 aromatic heterocycles. The van der Waals surface area contributed by atoms with Gasteiger partial charge in [-0.15, -0.1) is 0 Å². The minimum Gasteiger partial charge on any atom is -0.412 e. The van der Waals surface area contributed by atoms with Gasteiger partial charge < -0.3 is 5.48 Å². The lowest BCUT2D eigenvalue weighted by Crippen LogP contribution is -1.88. The van der Waals surface area contributed by atoms with Crippen molar-refractivity contribution in [2.45, 2.75) is 0 Å². The molecular formula is C24H6Cl16O. The Balaban J connectivity index is 0.000000280. The zero-order valence-corrected chi connectivity index (χ0v) is 31.0. The van der Waals surface area contributed by atoms with Crippen molar-refractivity contribution in [1.82, 2.24) is 0 Å². The smallest absolute Gasteiger partial charge is 0.0809 e. The van der Waals surface area contributed by atoms with Crippen molar-refractivity contribution >= 4 is 186 Å². The van der Waals surface area contributed by atoms with Crippen molar-refractivity contribution < 1.29 is 5.48 Å². The Morgan fingerprint density at radius 2 is 0.463 bits per heavy atom. The minimum absolute atomic E-state index is 0. The van der Waals surface area contributed by atoms with Crippen LogP contribution in [0.3, 0.4) is 0 Å². The first kappa shape index (κ1) is 38.7. The fourth-order valence-corrected chi connectivity index (χ4v) is 7.06. The summed E-state index contributed by atoms with van der Waals surface area (Å²) in [7, 11) is 0. The third kappa shape index (κ3) is 7.73. The lowest BCUT2D eigenvalue weighted by molar-refractivity contribution is 0.824. The van der Waals surface area contributed by atoms with Gasteiger partial charge in [-0.1, -0.05) is 198 Å². The van der Waals surface area contributed by atoms with Gasteiger partial charge in [0.05, 0.1) is 80.4 Å². The summed E-state index contributed by atoms with van der Waals surface area (Å²) in [5, 5.41) is 2.36. The average molecular weight is 878 g/mol. The molecule has 0 atom stereocenters. The Labute approximate surface area is 314 Å². The van der Waals surface area contributed by atoms with Crippen LogP contribution < -0.4 is 0 Å². The normalized spacial score (nSPS) is 10.7. The van der Waals surface area contributed by atoms with Crippen LogP contribution in [0.1, 0.15) is 0 Å². The topological polar surface area (TPSA) is 31.5 Å². The fraction of sp³-hybridized carbons (Fsp3) is 0. The zero-order chi connectivity index (χ0) is 30.4. The summed E-state index contributed by atoms with van der Waals surface area (Å²) in [6.45, 7) is 0. The molecule has 0 unspecified atom stereocenters. The largest absolute Gasteiger partial charge is 0.412 e. The molecule has 0 radical (unpaired) electrons. The molecule has 4 aromatic rings. The van der Waals surface area contributed by atoms with Gasteiger partial charge in [-0.2, -0.15) is 0 Å². The van der Waals surface area contributed by atoms with Crippen molar-refractivity contribution in [1.29, 1.82) is 0 Å². The fourth-order valence-electron chi connectivity index (χ4n) is 3.12. The van der Waals surface area contributed by atoms with E-state index in [4.69, 9.17) is 186 Å². The van der Waals surface area contributed by atoms with E-state index < -0.39 is 0 Å². The number of hydrogen-bond acceptors (Lipinski definition) is 0. The van der Waals surface area contributed by atoms with Crippen LogP contribution in [0, 0.1) is 0 Å². The maximum atomic E-state index is 6.18. The molecule has 0 amide bonds. The lowest BCUT2D eigenvalue weighted by atomic mass is 10.1. The highest BCUT2D eigenvalue weighted by molar-refractivity contribution is 6.59. The van der Waals surface area contributed by atoms with E-state index in [1.807, 2.05) is 0 Å². The van der Waals surface area contributed by atoms with Crippen LogP contribution in [0.4, 0.5) is 0 Å². The third-order valence-corrected chi connectivity index (χ3v) is 12.2. The molecule has 0 saturated heterocycles. The van der Waals surface area contributed by atoms with Gasteiger partial charge in [0.15, 0.2) is 0 Å². The van der Waals surface area contributed by atoms with E-state index in [-0.39, 0.29) is 75.8 Å². The van der Waals surface area contributed by atoms with Crippen molar-refractivity contribution in [2.24, 2.45) is 0 Å². The summed E-state index contributed by atoms with van der Waals surface area (Å²) < 4.78 is 0. The van der Waals surface area contributed by atoms with Crippen LogP contribution in [0.5, 0.6) is 0 Å². The van der Waals surface area contributed by atoms with Crippen LogP contribution in [0.25, 0.3) is 22.3 Å². The Kier molecular flexibility index (Phi) is 14.9. The molecule has 0 aliphatic heterocycles. The van der Waals surface area contributed by atoms with Crippen LogP contribution in [-0.4, -0.2) is 5.48 Å². The highest BCUT2D eigenvalue weighted by atomic mass is 35.5. The zero-order valence-electron chi connectivity index (χ0n) is 18.9. The molecule has 220 valence electrons. The van der Waals surface area contributed by atoms with Gasteiger partial charge in [0.2, 0.25) is 0 Å². The molecule has 2 N–H and O–H groups in total. The highest BCUT2D eigenvalue weighted by Crippen LogP contribution is 2.52. The first-order valence-corrected chi connectivity index (χ1v) is 15.9. The summed E-state index contributed by atoms with van der Waals surface area (Å²) >= 11 is 96.8. The van der Waals surface area contributed by atoms with Gasteiger partial charge in [-0.25, -0.2) is 0 Å².